The number of ketones is 1. The van der Waals surface area contributed by atoms with Crippen molar-refractivity contribution in [2.45, 2.75) is 0 Å². The minimum absolute atomic E-state index is 0.115. The molecule has 0 radical (unpaired) electrons. The summed E-state index contributed by atoms with van der Waals surface area (Å²) in [5, 5.41) is 0.717. The van der Waals surface area contributed by atoms with Crippen molar-refractivity contribution in [1.82, 2.24) is 0 Å². The lowest BCUT2D eigenvalue weighted by Gasteiger charge is -2.06. The van der Waals surface area contributed by atoms with Crippen molar-refractivity contribution >= 4 is 41.0 Å². The van der Waals surface area contributed by atoms with Gasteiger partial charge in [0, 0.05) is 6.07 Å². The van der Waals surface area contributed by atoms with Crippen molar-refractivity contribution in [2.75, 3.05) is 13.2 Å². The molecule has 0 amide bonds. The van der Waals surface area contributed by atoms with Crippen LogP contribution in [-0.2, 0) is 9.53 Å². The first kappa shape index (κ1) is 19.0. The zero-order chi connectivity index (χ0) is 19.4. The van der Waals surface area contributed by atoms with Crippen molar-refractivity contribution in [1.29, 1.82) is 0 Å². The van der Waals surface area contributed by atoms with E-state index in [2.05, 4.69) is 6.58 Å². The molecule has 3 rings (SSSR count). The first-order valence-electron chi connectivity index (χ1n) is 7.91. The van der Waals surface area contributed by atoms with E-state index >= 15 is 0 Å². The van der Waals surface area contributed by atoms with Crippen LogP contribution < -0.4 is 9.47 Å². The van der Waals surface area contributed by atoms with Crippen LogP contribution in [0.5, 0.6) is 11.5 Å². The third kappa shape index (κ3) is 4.32. The van der Waals surface area contributed by atoms with Gasteiger partial charge in [-0.25, -0.2) is 4.79 Å². The monoisotopic (exact) mass is 404 g/mol. The first-order valence-corrected chi connectivity index (χ1v) is 8.67. The highest BCUT2D eigenvalue weighted by Crippen LogP contribution is 2.36. The molecule has 0 saturated carbocycles. The van der Waals surface area contributed by atoms with Crippen LogP contribution in [0.25, 0.3) is 6.08 Å². The molecular formula is C20H14Cl2O5. The molecule has 0 aromatic heterocycles. The van der Waals surface area contributed by atoms with Crippen molar-refractivity contribution in [3.8, 4) is 11.5 Å². The van der Waals surface area contributed by atoms with Gasteiger partial charge in [0.25, 0.3) is 0 Å². The van der Waals surface area contributed by atoms with Gasteiger partial charge >= 0.3 is 5.97 Å². The molecule has 0 N–H and O–H groups in total. The summed E-state index contributed by atoms with van der Waals surface area (Å²) in [7, 11) is 0. The Kier molecular flexibility index (Phi) is 5.84. The van der Waals surface area contributed by atoms with Gasteiger partial charge in [0.2, 0.25) is 5.78 Å². The molecule has 5 nitrogen and oxygen atoms in total. The lowest BCUT2D eigenvalue weighted by atomic mass is 10.1. The summed E-state index contributed by atoms with van der Waals surface area (Å²) in [5.74, 6) is 0.0266. The number of esters is 1. The van der Waals surface area contributed by atoms with E-state index in [1.165, 1.54) is 18.2 Å². The van der Waals surface area contributed by atoms with Crippen LogP contribution >= 0.6 is 23.2 Å². The van der Waals surface area contributed by atoms with E-state index < -0.39 is 5.97 Å². The molecule has 0 aliphatic carbocycles. The molecule has 0 bridgehead atoms. The zero-order valence-electron chi connectivity index (χ0n) is 14.0. The quantitative estimate of drug-likeness (QED) is 0.396. The molecule has 0 spiro atoms. The molecule has 2 aromatic rings. The van der Waals surface area contributed by atoms with Gasteiger partial charge in [0.05, 0.1) is 15.6 Å². The second kappa shape index (κ2) is 8.29. The molecule has 7 heteroatoms. The number of hydrogen-bond acceptors (Lipinski definition) is 5. The van der Waals surface area contributed by atoms with Crippen molar-refractivity contribution in [3.05, 3.63) is 76.0 Å². The Morgan fingerprint density at radius 3 is 2.81 bits per heavy atom. The average molecular weight is 405 g/mol. The number of ether oxygens (including phenoxy) is 3. The minimum atomic E-state index is -0.524. The molecular weight excluding hydrogens is 391 g/mol. The maximum atomic E-state index is 12.5. The van der Waals surface area contributed by atoms with E-state index in [0.29, 0.717) is 32.7 Å². The van der Waals surface area contributed by atoms with Crippen LogP contribution in [0.1, 0.15) is 15.9 Å². The van der Waals surface area contributed by atoms with Gasteiger partial charge in [0.15, 0.2) is 12.4 Å². The predicted octanol–water partition coefficient (Wildman–Crippen LogP) is 4.72. The van der Waals surface area contributed by atoms with E-state index in [9.17, 15) is 9.59 Å². The van der Waals surface area contributed by atoms with Crippen molar-refractivity contribution < 1.29 is 23.8 Å². The van der Waals surface area contributed by atoms with E-state index in [1.807, 2.05) is 0 Å². The number of carbonyl (C=O) groups excluding carboxylic acids is 2. The summed E-state index contributed by atoms with van der Waals surface area (Å²) in [5.41, 5.74) is 0.961. The average Bonchev–Trinajstić information content (AvgIpc) is 2.97. The van der Waals surface area contributed by atoms with Crippen LogP contribution in [0.3, 0.4) is 0 Å². The topological polar surface area (TPSA) is 61.8 Å². The van der Waals surface area contributed by atoms with Crippen molar-refractivity contribution in [2.24, 2.45) is 0 Å². The molecule has 27 heavy (non-hydrogen) atoms. The molecule has 1 heterocycles. The second-order valence-corrected chi connectivity index (χ2v) is 6.29. The van der Waals surface area contributed by atoms with Crippen LogP contribution in [0.2, 0.25) is 10.0 Å². The Hall–Kier alpha value is -2.76. The van der Waals surface area contributed by atoms with Crippen LogP contribution in [0.15, 0.2) is 54.8 Å². The fourth-order valence-corrected chi connectivity index (χ4v) is 2.73. The largest absolute Gasteiger partial charge is 0.482 e. The number of fused-ring (bicyclic) bond motifs is 1. The Morgan fingerprint density at radius 2 is 2.04 bits per heavy atom. The number of hydrogen-bond donors (Lipinski definition) is 0. The van der Waals surface area contributed by atoms with Crippen LogP contribution in [0, 0.1) is 0 Å². The maximum Gasteiger partial charge on any atom is 0.344 e. The van der Waals surface area contributed by atoms with E-state index in [-0.39, 0.29) is 24.8 Å². The fourth-order valence-electron chi connectivity index (χ4n) is 2.37. The van der Waals surface area contributed by atoms with Gasteiger partial charge in [-0.1, -0.05) is 48.0 Å². The Balaban J connectivity index is 1.75. The Morgan fingerprint density at radius 1 is 1.22 bits per heavy atom. The van der Waals surface area contributed by atoms with E-state index in [0.717, 1.165) is 0 Å². The Labute approximate surface area is 165 Å². The molecule has 2 aromatic carbocycles. The van der Waals surface area contributed by atoms with Gasteiger partial charge in [-0.15, -0.1) is 0 Å². The summed E-state index contributed by atoms with van der Waals surface area (Å²) in [4.78, 5) is 24.0. The van der Waals surface area contributed by atoms with E-state index in [4.69, 9.17) is 37.4 Å². The number of rotatable bonds is 6. The standard InChI is InChI=1S/C20H14Cl2O5/c1-2-8-25-18(23)11-26-13-6-7-14-16(10-13)27-17(20(14)24)9-12-4-3-5-15(21)19(12)22/h2-7,9-10H,1,8,11H2/b17-9-. The third-order valence-corrected chi connectivity index (χ3v) is 4.46. The lowest BCUT2D eigenvalue weighted by Crippen LogP contribution is -2.14. The normalized spacial score (nSPS) is 13.9. The first-order chi connectivity index (χ1) is 13.0. The summed E-state index contributed by atoms with van der Waals surface area (Å²) in [6, 6.07) is 9.80. The van der Waals surface area contributed by atoms with Crippen LogP contribution in [-0.4, -0.2) is 25.0 Å². The van der Waals surface area contributed by atoms with Gasteiger partial charge in [-0.2, -0.15) is 0 Å². The van der Waals surface area contributed by atoms with Gasteiger partial charge in [0.1, 0.15) is 18.1 Å². The molecule has 0 atom stereocenters. The van der Waals surface area contributed by atoms with E-state index in [1.54, 1.807) is 30.3 Å². The number of halogens is 2. The van der Waals surface area contributed by atoms with Gasteiger partial charge < -0.3 is 14.2 Å². The highest BCUT2D eigenvalue weighted by Gasteiger charge is 2.28. The number of allylic oxidation sites excluding steroid dienone is 1. The third-order valence-electron chi connectivity index (χ3n) is 3.63. The smallest absolute Gasteiger partial charge is 0.344 e. The molecule has 0 fully saturated rings. The van der Waals surface area contributed by atoms with Crippen LogP contribution in [0.4, 0.5) is 0 Å². The number of Topliss-reactive ketones (excluding diaryl/α,β-unsaturated/α-hetero) is 1. The summed E-state index contributed by atoms with van der Waals surface area (Å²) in [6.07, 6.45) is 3.00. The van der Waals surface area contributed by atoms with Gasteiger partial charge in [-0.05, 0) is 29.8 Å². The summed E-state index contributed by atoms with van der Waals surface area (Å²) in [6.45, 7) is 3.31. The minimum Gasteiger partial charge on any atom is -0.482 e. The highest BCUT2D eigenvalue weighted by molar-refractivity contribution is 6.43. The van der Waals surface area contributed by atoms with Crippen molar-refractivity contribution in [3.63, 3.8) is 0 Å². The SMILES string of the molecule is C=CCOC(=O)COc1ccc2c(c1)O/C(=C\c1cccc(Cl)c1Cl)C2=O. The second-order valence-electron chi connectivity index (χ2n) is 5.50. The summed E-state index contributed by atoms with van der Waals surface area (Å²) < 4.78 is 15.8. The lowest BCUT2D eigenvalue weighted by molar-refractivity contribution is -0.144. The predicted molar refractivity (Wildman–Crippen MR) is 102 cm³/mol. The Bertz CT molecular complexity index is 949. The maximum absolute atomic E-state index is 12.5. The number of carbonyl (C=O) groups is 2. The fraction of sp³-hybridized carbons (Fsp3) is 0.100. The number of benzene rings is 2. The molecule has 1 aliphatic heterocycles. The molecule has 138 valence electrons. The molecule has 1 aliphatic rings. The highest BCUT2D eigenvalue weighted by atomic mass is 35.5. The zero-order valence-corrected chi connectivity index (χ0v) is 15.5. The molecule has 0 saturated heterocycles. The molecule has 0 unspecified atom stereocenters. The van der Waals surface area contributed by atoms with Gasteiger partial charge in [-0.3, -0.25) is 4.79 Å². The summed E-state index contributed by atoms with van der Waals surface area (Å²) >= 11 is 12.1.